The SMILES string of the molecule is Cc1ccc([C@H](Nc2cccc(C(F)(F)F)c2)[P@]2(=O)OCC[C@@H](C)O2)cc1. The summed E-state index contributed by atoms with van der Waals surface area (Å²) >= 11 is 0. The van der Waals surface area contributed by atoms with Crippen molar-refractivity contribution in [3.63, 3.8) is 0 Å². The Morgan fingerprint density at radius 1 is 1.19 bits per heavy atom. The first-order chi connectivity index (χ1) is 12.7. The number of anilines is 1. The quantitative estimate of drug-likeness (QED) is 0.627. The van der Waals surface area contributed by atoms with Crippen LogP contribution in [0.25, 0.3) is 0 Å². The second kappa shape index (κ2) is 7.66. The maximum Gasteiger partial charge on any atom is 0.416 e. The molecule has 3 atom stereocenters. The molecule has 146 valence electrons. The minimum Gasteiger partial charge on any atom is -0.368 e. The van der Waals surface area contributed by atoms with Gasteiger partial charge in [0.05, 0.1) is 18.3 Å². The molecule has 0 bridgehead atoms. The summed E-state index contributed by atoms with van der Waals surface area (Å²) in [7, 11) is -3.63. The number of aryl methyl sites for hydroxylation is 1. The first-order valence-corrected chi connectivity index (χ1v) is 10.2. The van der Waals surface area contributed by atoms with Gasteiger partial charge in [-0.1, -0.05) is 35.9 Å². The zero-order valence-electron chi connectivity index (χ0n) is 15.0. The highest BCUT2D eigenvalue weighted by Crippen LogP contribution is 2.63. The van der Waals surface area contributed by atoms with Crippen molar-refractivity contribution >= 4 is 13.3 Å². The van der Waals surface area contributed by atoms with Gasteiger partial charge >= 0.3 is 13.8 Å². The zero-order chi connectivity index (χ0) is 19.7. The zero-order valence-corrected chi connectivity index (χ0v) is 15.9. The molecule has 1 aliphatic heterocycles. The van der Waals surface area contributed by atoms with E-state index in [1.807, 2.05) is 19.1 Å². The molecule has 3 rings (SSSR count). The van der Waals surface area contributed by atoms with E-state index in [9.17, 15) is 17.7 Å². The van der Waals surface area contributed by atoms with Crippen LogP contribution in [0.5, 0.6) is 0 Å². The predicted octanol–water partition coefficient (Wildman–Crippen LogP) is 6.14. The Balaban J connectivity index is 1.98. The van der Waals surface area contributed by atoms with Crippen molar-refractivity contribution in [2.75, 3.05) is 11.9 Å². The van der Waals surface area contributed by atoms with E-state index in [0.29, 0.717) is 12.0 Å². The number of benzene rings is 2. The van der Waals surface area contributed by atoms with Crippen LogP contribution in [-0.4, -0.2) is 12.7 Å². The number of hydrogen-bond acceptors (Lipinski definition) is 4. The van der Waals surface area contributed by atoms with Gasteiger partial charge in [0.2, 0.25) is 0 Å². The minimum absolute atomic E-state index is 0.191. The van der Waals surface area contributed by atoms with Crippen LogP contribution in [0.1, 0.15) is 35.8 Å². The van der Waals surface area contributed by atoms with Crippen LogP contribution in [-0.2, 0) is 19.8 Å². The number of alkyl halides is 3. The maximum atomic E-state index is 13.4. The van der Waals surface area contributed by atoms with E-state index in [4.69, 9.17) is 9.05 Å². The Labute approximate surface area is 156 Å². The van der Waals surface area contributed by atoms with Crippen molar-refractivity contribution in [3.05, 3.63) is 65.2 Å². The van der Waals surface area contributed by atoms with Crippen molar-refractivity contribution in [1.82, 2.24) is 0 Å². The average Bonchev–Trinajstić information content (AvgIpc) is 2.60. The lowest BCUT2D eigenvalue weighted by Gasteiger charge is -2.34. The summed E-state index contributed by atoms with van der Waals surface area (Å²) in [5, 5.41) is 2.94. The summed E-state index contributed by atoms with van der Waals surface area (Å²) in [6.45, 7) is 3.98. The lowest BCUT2D eigenvalue weighted by atomic mass is 10.1. The third-order valence-corrected chi connectivity index (χ3v) is 6.58. The van der Waals surface area contributed by atoms with Gasteiger partial charge < -0.3 is 14.4 Å². The summed E-state index contributed by atoms with van der Waals surface area (Å²) in [6.07, 6.45) is -4.12. The van der Waals surface area contributed by atoms with E-state index >= 15 is 0 Å². The Morgan fingerprint density at radius 3 is 2.52 bits per heavy atom. The minimum atomic E-state index is -4.46. The molecular weight excluding hydrogens is 378 g/mol. The van der Waals surface area contributed by atoms with Gasteiger partial charge in [0.15, 0.2) is 5.78 Å². The second-order valence-electron chi connectivity index (χ2n) is 6.61. The van der Waals surface area contributed by atoms with Crippen LogP contribution >= 0.6 is 7.60 Å². The van der Waals surface area contributed by atoms with E-state index < -0.39 is 25.1 Å². The van der Waals surface area contributed by atoms with Crippen molar-refractivity contribution < 1.29 is 26.8 Å². The maximum absolute atomic E-state index is 13.4. The van der Waals surface area contributed by atoms with Gasteiger partial charge in [0.25, 0.3) is 0 Å². The number of rotatable bonds is 4. The van der Waals surface area contributed by atoms with Crippen LogP contribution in [0.4, 0.5) is 18.9 Å². The highest BCUT2D eigenvalue weighted by Gasteiger charge is 2.41. The number of nitrogens with one attached hydrogen (secondary N) is 1. The molecule has 27 heavy (non-hydrogen) atoms. The van der Waals surface area contributed by atoms with Crippen LogP contribution in [0.3, 0.4) is 0 Å². The Morgan fingerprint density at radius 2 is 1.89 bits per heavy atom. The molecule has 0 amide bonds. The van der Waals surface area contributed by atoms with Crippen molar-refractivity contribution in [2.45, 2.75) is 38.3 Å². The van der Waals surface area contributed by atoms with Crippen molar-refractivity contribution in [1.29, 1.82) is 0 Å². The highest BCUT2D eigenvalue weighted by atomic mass is 31.2. The standard InChI is InChI=1S/C19H21F3NO3P/c1-13-6-8-15(9-7-13)18(27(24)25-11-10-14(2)26-27)23-17-5-3-4-16(12-17)19(20,21)22/h3-9,12,14,18,23H,10-11H2,1-2H3/t14-,18-,27+/m1/s1. The molecule has 0 radical (unpaired) electrons. The van der Waals surface area contributed by atoms with Gasteiger partial charge in [0, 0.05) is 5.69 Å². The first-order valence-electron chi connectivity index (χ1n) is 8.60. The predicted molar refractivity (Wildman–Crippen MR) is 97.7 cm³/mol. The molecule has 1 saturated heterocycles. The lowest BCUT2D eigenvalue weighted by molar-refractivity contribution is -0.137. The topological polar surface area (TPSA) is 47.6 Å². The highest BCUT2D eigenvalue weighted by molar-refractivity contribution is 7.54. The van der Waals surface area contributed by atoms with E-state index in [1.165, 1.54) is 12.1 Å². The van der Waals surface area contributed by atoms with Crippen LogP contribution in [0.15, 0.2) is 48.5 Å². The fourth-order valence-electron chi connectivity index (χ4n) is 2.85. The van der Waals surface area contributed by atoms with Crippen molar-refractivity contribution in [2.24, 2.45) is 0 Å². The summed E-state index contributed by atoms with van der Waals surface area (Å²) in [4.78, 5) is 0. The molecule has 2 aromatic carbocycles. The summed E-state index contributed by atoms with van der Waals surface area (Å²) in [5.74, 6) is -0.913. The lowest BCUT2D eigenvalue weighted by Crippen LogP contribution is -2.23. The molecule has 1 N–H and O–H groups in total. The van der Waals surface area contributed by atoms with Crippen LogP contribution in [0, 0.1) is 6.92 Å². The summed E-state index contributed by atoms with van der Waals surface area (Å²) in [6, 6.07) is 12.0. The van der Waals surface area contributed by atoms with Gasteiger partial charge in [-0.15, -0.1) is 0 Å². The van der Waals surface area contributed by atoms with E-state index in [2.05, 4.69) is 5.32 Å². The smallest absolute Gasteiger partial charge is 0.368 e. The molecule has 0 saturated carbocycles. The van der Waals surface area contributed by atoms with E-state index in [-0.39, 0.29) is 18.4 Å². The van der Waals surface area contributed by atoms with Gasteiger partial charge in [-0.05, 0) is 44.0 Å². The third kappa shape index (κ3) is 4.72. The second-order valence-corrected chi connectivity index (χ2v) is 8.68. The molecule has 1 heterocycles. The monoisotopic (exact) mass is 399 g/mol. The van der Waals surface area contributed by atoms with Gasteiger partial charge in [0.1, 0.15) is 0 Å². The van der Waals surface area contributed by atoms with Gasteiger partial charge in [-0.2, -0.15) is 13.2 Å². The molecule has 0 spiro atoms. The number of halogens is 3. The largest absolute Gasteiger partial charge is 0.416 e. The third-order valence-electron chi connectivity index (χ3n) is 4.33. The average molecular weight is 399 g/mol. The number of hydrogen-bond donors (Lipinski definition) is 1. The molecule has 1 fully saturated rings. The summed E-state index contributed by atoms with van der Waals surface area (Å²) in [5.41, 5.74) is 1.03. The Kier molecular flexibility index (Phi) is 5.65. The van der Waals surface area contributed by atoms with E-state index in [0.717, 1.165) is 17.7 Å². The van der Waals surface area contributed by atoms with E-state index in [1.54, 1.807) is 19.1 Å². The molecule has 0 aliphatic carbocycles. The molecule has 1 aliphatic rings. The molecule has 8 heteroatoms. The normalized spacial score (nSPS) is 24.4. The van der Waals surface area contributed by atoms with Crippen molar-refractivity contribution in [3.8, 4) is 0 Å². The summed E-state index contributed by atoms with van der Waals surface area (Å²) < 4.78 is 63.6. The van der Waals surface area contributed by atoms with Crippen LogP contribution in [0.2, 0.25) is 0 Å². The molecular formula is C19H21F3NO3P. The van der Waals surface area contributed by atoms with Crippen LogP contribution < -0.4 is 5.32 Å². The fraction of sp³-hybridized carbons (Fsp3) is 0.368. The first kappa shape index (κ1) is 19.9. The van der Waals surface area contributed by atoms with Gasteiger partial charge in [-0.25, -0.2) is 0 Å². The Bertz CT molecular complexity index is 839. The van der Waals surface area contributed by atoms with Gasteiger partial charge in [-0.3, -0.25) is 4.57 Å². The Hall–Kier alpha value is -1.82. The fourth-order valence-corrected chi connectivity index (χ4v) is 5.00. The molecule has 0 unspecified atom stereocenters. The molecule has 4 nitrogen and oxygen atoms in total. The molecule has 0 aromatic heterocycles. The molecule has 2 aromatic rings.